The topological polar surface area (TPSA) is 16.4 Å². The number of hydrogen-bond acceptors (Lipinski definition) is 2. The fraction of sp³-hybridized carbons (Fsp3) is 0.667. The van der Waals surface area contributed by atoms with Crippen LogP contribution in [0.1, 0.15) is 38.2 Å². The van der Waals surface area contributed by atoms with Crippen molar-refractivity contribution >= 4 is 0 Å². The van der Waals surface area contributed by atoms with Gasteiger partial charge >= 0.3 is 0 Å². The highest BCUT2D eigenvalue weighted by Gasteiger charge is 2.20. The molecule has 1 unspecified atom stereocenters. The smallest absolute Gasteiger partial charge is 0.118 e. The van der Waals surface area contributed by atoms with Crippen LogP contribution >= 0.6 is 0 Å². The van der Waals surface area contributed by atoms with Gasteiger partial charge in [0.15, 0.2) is 0 Å². The second-order valence-corrected chi connectivity index (χ2v) is 4.18. The van der Waals surface area contributed by atoms with Crippen LogP contribution in [0, 0.1) is 0 Å². The zero-order valence-corrected chi connectivity index (χ0v) is 9.12. The Morgan fingerprint density at radius 1 is 1.43 bits per heavy atom. The molecule has 0 spiro atoms. The molecule has 1 aromatic rings. The number of likely N-dealkylation sites (tertiary alicyclic amines) is 1. The van der Waals surface area contributed by atoms with Gasteiger partial charge < -0.3 is 4.42 Å². The van der Waals surface area contributed by atoms with E-state index in [2.05, 4.69) is 30.9 Å². The lowest BCUT2D eigenvalue weighted by molar-refractivity contribution is 0.236. The number of nitrogens with zero attached hydrogens (tertiary/aromatic N) is 1. The van der Waals surface area contributed by atoms with Crippen LogP contribution in [0.5, 0.6) is 0 Å². The van der Waals surface area contributed by atoms with Gasteiger partial charge in [0.2, 0.25) is 0 Å². The highest BCUT2D eigenvalue weighted by Crippen LogP contribution is 2.20. The van der Waals surface area contributed by atoms with Crippen LogP contribution in [0.15, 0.2) is 16.5 Å². The van der Waals surface area contributed by atoms with Crippen molar-refractivity contribution in [2.45, 2.75) is 45.7 Å². The summed E-state index contributed by atoms with van der Waals surface area (Å²) in [6.45, 7) is 6.64. The van der Waals surface area contributed by atoms with Gasteiger partial charge in [-0.3, -0.25) is 4.90 Å². The minimum absolute atomic E-state index is 0.727. The van der Waals surface area contributed by atoms with Crippen molar-refractivity contribution in [3.05, 3.63) is 23.7 Å². The van der Waals surface area contributed by atoms with Crippen LogP contribution in [-0.2, 0) is 13.0 Å². The fourth-order valence-electron chi connectivity index (χ4n) is 2.13. The molecule has 1 atom stereocenters. The van der Waals surface area contributed by atoms with E-state index in [1.165, 1.54) is 19.4 Å². The third-order valence-electron chi connectivity index (χ3n) is 3.12. The van der Waals surface area contributed by atoms with E-state index in [-0.39, 0.29) is 0 Å². The minimum Gasteiger partial charge on any atom is -0.465 e. The maximum atomic E-state index is 5.70. The molecule has 78 valence electrons. The van der Waals surface area contributed by atoms with Crippen molar-refractivity contribution in [2.24, 2.45) is 0 Å². The molecule has 2 nitrogen and oxygen atoms in total. The standard InChI is InChI=1S/C12H19NO/c1-3-11-6-7-12(14-11)9-13-8-4-5-10(13)2/h6-7,10H,3-5,8-9H2,1-2H3. The molecule has 0 aliphatic carbocycles. The molecule has 1 aromatic heterocycles. The van der Waals surface area contributed by atoms with Gasteiger partial charge in [-0.15, -0.1) is 0 Å². The van der Waals surface area contributed by atoms with Gasteiger partial charge in [-0.25, -0.2) is 0 Å². The summed E-state index contributed by atoms with van der Waals surface area (Å²) in [6, 6.07) is 4.94. The number of rotatable bonds is 3. The Hall–Kier alpha value is -0.760. The maximum Gasteiger partial charge on any atom is 0.118 e. The number of furan rings is 1. The summed E-state index contributed by atoms with van der Waals surface area (Å²) in [5.41, 5.74) is 0. The van der Waals surface area contributed by atoms with Gasteiger partial charge in [-0.1, -0.05) is 6.92 Å². The second kappa shape index (κ2) is 4.18. The Bertz CT molecular complexity index is 292. The van der Waals surface area contributed by atoms with Gasteiger partial charge in [0.05, 0.1) is 6.54 Å². The second-order valence-electron chi connectivity index (χ2n) is 4.18. The lowest BCUT2D eigenvalue weighted by atomic mass is 10.2. The van der Waals surface area contributed by atoms with Gasteiger partial charge in [0.25, 0.3) is 0 Å². The van der Waals surface area contributed by atoms with Crippen LogP contribution in [0.25, 0.3) is 0 Å². The van der Waals surface area contributed by atoms with Crippen molar-refractivity contribution in [3.63, 3.8) is 0 Å². The highest BCUT2D eigenvalue weighted by molar-refractivity contribution is 5.07. The summed E-state index contributed by atoms with van der Waals surface area (Å²) < 4.78 is 5.70. The van der Waals surface area contributed by atoms with E-state index in [4.69, 9.17) is 4.42 Å². The lowest BCUT2D eigenvalue weighted by Crippen LogP contribution is -2.25. The molecule has 0 radical (unpaired) electrons. The Morgan fingerprint density at radius 2 is 2.21 bits per heavy atom. The summed E-state index contributed by atoms with van der Waals surface area (Å²) in [7, 11) is 0. The van der Waals surface area contributed by atoms with E-state index in [1.54, 1.807) is 0 Å². The third kappa shape index (κ3) is 2.01. The summed E-state index contributed by atoms with van der Waals surface area (Å²) in [5.74, 6) is 2.22. The molecule has 0 aromatic carbocycles. The molecule has 0 amide bonds. The first kappa shape index (κ1) is 9.78. The molecule has 1 aliphatic heterocycles. The van der Waals surface area contributed by atoms with Gasteiger partial charge in [-0.05, 0) is 38.4 Å². The molecular weight excluding hydrogens is 174 g/mol. The molecule has 0 N–H and O–H groups in total. The third-order valence-corrected chi connectivity index (χ3v) is 3.12. The van der Waals surface area contributed by atoms with Gasteiger partial charge in [-0.2, -0.15) is 0 Å². The fourth-order valence-corrected chi connectivity index (χ4v) is 2.13. The predicted molar refractivity (Wildman–Crippen MR) is 57.2 cm³/mol. The van der Waals surface area contributed by atoms with Crippen LogP contribution in [0.3, 0.4) is 0 Å². The summed E-state index contributed by atoms with van der Waals surface area (Å²) in [4.78, 5) is 2.50. The largest absolute Gasteiger partial charge is 0.465 e. The van der Waals surface area contributed by atoms with E-state index in [9.17, 15) is 0 Å². The molecular formula is C12H19NO. The van der Waals surface area contributed by atoms with E-state index >= 15 is 0 Å². The highest BCUT2D eigenvalue weighted by atomic mass is 16.3. The molecule has 0 bridgehead atoms. The zero-order chi connectivity index (χ0) is 9.97. The Morgan fingerprint density at radius 3 is 2.79 bits per heavy atom. The summed E-state index contributed by atoms with van der Waals surface area (Å²) >= 11 is 0. The maximum absolute atomic E-state index is 5.70. The molecule has 2 heterocycles. The Labute approximate surface area is 85.9 Å². The van der Waals surface area contributed by atoms with E-state index in [0.29, 0.717) is 0 Å². The quantitative estimate of drug-likeness (QED) is 0.734. The average molecular weight is 193 g/mol. The minimum atomic E-state index is 0.727. The first-order chi connectivity index (χ1) is 6.79. The average Bonchev–Trinajstić information content (AvgIpc) is 2.77. The Kier molecular flexibility index (Phi) is 2.92. The monoisotopic (exact) mass is 193 g/mol. The SMILES string of the molecule is CCc1ccc(CN2CCCC2C)o1. The van der Waals surface area contributed by atoms with Crippen molar-refractivity contribution in [1.29, 1.82) is 0 Å². The number of aryl methyl sites for hydroxylation is 1. The molecule has 2 heteroatoms. The van der Waals surface area contributed by atoms with Crippen LogP contribution in [0.4, 0.5) is 0 Å². The van der Waals surface area contributed by atoms with Crippen LogP contribution in [-0.4, -0.2) is 17.5 Å². The molecule has 1 aliphatic rings. The summed E-state index contributed by atoms with van der Waals surface area (Å²) in [6.07, 6.45) is 3.67. The summed E-state index contributed by atoms with van der Waals surface area (Å²) in [5, 5.41) is 0. The van der Waals surface area contributed by atoms with Crippen molar-refractivity contribution in [1.82, 2.24) is 4.90 Å². The van der Waals surface area contributed by atoms with Crippen LogP contribution < -0.4 is 0 Å². The van der Waals surface area contributed by atoms with E-state index in [1.807, 2.05) is 0 Å². The molecule has 14 heavy (non-hydrogen) atoms. The van der Waals surface area contributed by atoms with Crippen molar-refractivity contribution in [2.75, 3.05) is 6.54 Å². The predicted octanol–water partition coefficient (Wildman–Crippen LogP) is 2.83. The van der Waals surface area contributed by atoms with Gasteiger partial charge in [0.1, 0.15) is 11.5 Å². The first-order valence-corrected chi connectivity index (χ1v) is 5.61. The molecule has 1 saturated heterocycles. The lowest BCUT2D eigenvalue weighted by Gasteiger charge is -2.19. The van der Waals surface area contributed by atoms with Crippen molar-refractivity contribution in [3.8, 4) is 0 Å². The first-order valence-electron chi connectivity index (χ1n) is 5.61. The molecule has 1 fully saturated rings. The van der Waals surface area contributed by atoms with E-state index in [0.717, 1.165) is 30.5 Å². The van der Waals surface area contributed by atoms with Crippen LogP contribution in [0.2, 0.25) is 0 Å². The zero-order valence-electron chi connectivity index (χ0n) is 9.12. The van der Waals surface area contributed by atoms with Crippen molar-refractivity contribution < 1.29 is 4.42 Å². The van der Waals surface area contributed by atoms with E-state index < -0.39 is 0 Å². The molecule has 2 rings (SSSR count). The number of hydrogen-bond donors (Lipinski definition) is 0. The van der Waals surface area contributed by atoms with Gasteiger partial charge in [0, 0.05) is 12.5 Å². The Balaban J connectivity index is 1.96. The normalized spacial score (nSPS) is 23.1. The molecule has 0 saturated carbocycles.